The number of pyridine rings is 1. The summed E-state index contributed by atoms with van der Waals surface area (Å²) in [6.45, 7) is 2.72. The molecule has 0 amide bonds. The van der Waals surface area contributed by atoms with Crippen molar-refractivity contribution in [2.45, 2.75) is 13.5 Å². The second-order valence-electron chi connectivity index (χ2n) is 4.78. The fraction of sp³-hybridized carbons (Fsp3) is 0.125. The molecular formula is C16H15ClN4. The molecule has 5 heteroatoms. The Morgan fingerprint density at radius 3 is 2.62 bits per heavy atom. The van der Waals surface area contributed by atoms with Gasteiger partial charge in [-0.15, -0.1) is 0 Å². The lowest BCUT2D eigenvalue weighted by Crippen LogP contribution is -2.02. The summed E-state index contributed by atoms with van der Waals surface area (Å²) >= 11 is 6.10. The average molecular weight is 299 g/mol. The van der Waals surface area contributed by atoms with Crippen molar-refractivity contribution >= 4 is 17.3 Å². The van der Waals surface area contributed by atoms with Gasteiger partial charge in [-0.2, -0.15) is 0 Å². The van der Waals surface area contributed by atoms with Crippen LogP contribution in [-0.4, -0.2) is 14.5 Å². The Kier molecular flexibility index (Phi) is 3.88. The molecule has 2 heterocycles. The Hall–Kier alpha value is -2.33. The molecule has 0 saturated heterocycles. The van der Waals surface area contributed by atoms with Crippen molar-refractivity contribution in [3.05, 3.63) is 71.5 Å². The van der Waals surface area contributed by atoms with E-state index in [0.29, 0.717) is 11.7 Å². The molecule has 4 nitrogen and oxygen atoms in total. The summed E-state index contributed by atoms with van der Waals surface area (Å²) in [4.78, 5) is 8.14. The zero-order chi connectivity index (χ0) is 14.7. The molecule has 1 aromatic carbocycles. The molecule has 0 radical (unpaired) electrons. The van der Waals surface area contributed by atoms with Gasteiger partial charge in [-0.3, -0.25) is 0 Å². The Labute approximate surface area is 128 Å². The SMILES string of the molecule is Cc1ccnc(Cl)c1NCc1ccc(-n2ccnc2)cc1. The molecule has 0 bridgehead atoms. The molecule has 0 fully saturated rings. The minimum Gasteiger partial charge on any atom is -0.378 e. The Morgan fingerprint density at radius 1 is 1.14 bits per heavy atom. The predicted octanol–water partition coefficient (Wildman–Crippen LogP) is 3.84. The molecule has 0 aliphatic carbocycles. The highest BCUT2D eigenvalue weighted by atomic mass is 35.5. The maximum absolute atomic E-state index is 6.10. The third-order valence-corrected chi connectivity index (χ3v) is 3.61. The van der Waals surface area contributed by atoms with Crippen molar-refractivity contribution in [1.29, 1.82) is 0 Å². The van der Waals surface area contributed by atoms with Gasteiger partial charge in [0.05, 0.1) is 12.0 Å². The normalized spacial score (nSPS) is 10.6. The number of nitrogens with zero attached hydrogens (tertiary/aromatic N) is 3. The number of hydrogen-bond donors (Lipinski definition) is 1. The van der Waals surface area contributed by atoms with E-state index in [1.165, 1.54) is 5.56 Å². The molecule has 3 aromatic rings. The number of nitrogens with one attached hydrogen (secondary N) is 1. The van der Waals surface area contributed by atoms with Crippen LogP contribution in [0.25, 0.3) is 5.69 Å². The van der Waals surface area contributed by atoms with E-state index in [2.05, 4.69) is 39.6 Å². The van der Waals surface area contributed by atoms with Crippen LogP contribution >= 0.6 is 11.6 Å². The lowest BCUT2D eigenvalue weighted by Gasteiger charge is -2.11. The van der Waals surface area contributed by atoms with Gasteiger partial charge in [0.15, 0.2) is 5.15 Å². The van der Waals surface area contributed by atoms with E-state index in [1.54, 1.807) is 18.7 Å². The first-order valence-electron chi connectivity index (χ1n) is 6.66. The van der Waals surface area contributed by atoms with Crippen molar-refractivity contribution in [3.63, 3.8) is 0 Å². The van der Waals surface area contributed by atoms with Crippen LogP contribution in [0, 0.1) is 6.92 Å². The van der Waals surface area contributed by atoms with Crippen LogP contribution in [0.15, 0.2) is 55.2 Å². The highest BCUT2D eigenvalue weighted by Gasteiger charge is 2.04. The smallest absolute Gasteiger partial charge is 0.152 e. The summed E-state index contributed by atoms with van der Waals surface area (Å²) in [5.74, 6) is 0. The van der Waals surface area contributed by atoms with Gasteiger partial charge in [-0.05, 0) is 36.2 Å². The molecule has 0 saturated carbocycles. The average Bonchev–Trinajstić information content (AvgIpc) is 3.02. The molecular weight excluding hydrogens is 284 g/mol. The largest absolute Gasteiger partial charge is 0.378 e. The Bertz CT molecular complexity index is 700. The second-order valence-corrected chi connectivity index (χ2v) is 5.14. The molecule has 0 aliphatic heterocycles. The van der Waals surface area contributed by atoms with Crippen LogP contribution in [0.5, 0.6) is 0 Å². The predicted molar refractivity (Wildman–Crippen MR) is 84.9 cm³/mol. The van der Waals surface area contributed by atoms with E-state index in [9.17, 15) is 0 Å². The summed E-state index contributed by atoms with van der Waals surface area (Å²) in [7, 11) is 0. The van der Waals surface area contributed by atoms with Crippen molar-refractivity contribution < 1.29 is 0 Å². The number of aryl methyl sites for hydroxylation is 1. The third-order valence-electron chi connectivity index (χ3n) is 3.32. The summed E-state index contributed by atoms with van der Waals surface area (Å²) in [5, 5.41) is 3.84. The zero-order valence-electron chi connectivity index (χ0n) is 11.6. The molecule has 2 aromatic heterocycles. The summed E-state index contributed by atoms with van der Waals surface area (Å²) in [6, 6.07) is 10.2. The fourth-order valence-electron chi connectivity index (χ4n) is 2.13. The van der Waals surface area contributed by atoms with Gasteiger partial charge in [0.25, 0.3) is 0 Å². The Morgan fingerprint density at radius 2 is 1.95 bits per heavy atom. The van der Waals surface area contributed by atoms with E-state index in [1.807, 2.05) is 23.8 Å². The van der Waals surface area contributed by atoms with Crippen LogP contribution in [0.1, 0.15) is 11.1 Å². The number of hydrogen-bond acceptors (Lipinski definition) is 3. The highest BCUT2D eigenvalue weighted by Crippen LogP contribution is 2.23. The van der Waals surface area contributed by atoms with Gasteiger partial charge in [0.2, 0.25) is 0 Å². The van der Waals surface area contributed by atoms with Crippen LogP contribution in [-0.2, 0) is 6.54 Å². The number of anilines is 1. The molecule has 3 rings (SSSR count). The first-order valence-corrected chi connectivity index (χ1v) is 7.04. The first-order chi connectivity index (χ1) is 10.2. The molecule has 0 spiro atoms. The summed E-state index contributed by atoms with van der Waals surface area (Å²) < 4.78 is 1.97. The van der Waals surface area contributed by atoms with Crippen LogP contribution in [0.4, 0.5) is 5.69 Å². The quantitative estimate of drug-likeness (QED) is 0.744. The van der Waals surface area contributed by atoms with Gasteiger partial charge >= 0.3 is 0 Å². The van der Waals surface area contributed by atoms with Gasteiger partial charge in [0.1, 0.15) is 0 Å². The number of rotatable bonds is 4. The van der Waals surface area contributed by atoms with Gasteiger partial charge in [0, 0.05) is 30.8 Å². The molecule has 0 aliphatic rings. The number of aromatic nitrogens is 3. The van der Waals surface area contributed by atoms with Crippen LogP contribution in [0.2, 0.25) is 5.15 Å². The molecule has 0 atom stereocenters. The van der Waals surface area contributed by atoms with Crippen LogP contribution < -0.4 is 5.32 Å². The maximum atomic E-state index is 6.10. The minimum absolute atomic E-state index is 0.505. The number of benzene rings is 1. The third kappa shape index (κ3) is 3.06. The van der Waals surface area contributed by atoms with E-state index in [-0.39, 0.29) is 0 Å². The number of imidazole rings is 1. The lowest BCUT2D eigenvalue weighted by molar-refractivity contribution is 1.05. The van der Waals surface area contributed by atoms with E-state index >= 15 is 0 Å². The van der Waals surface area contributed by atoms with E-state index in [0.717, 1.165) is 16.9 Å². The Balaban J connectivity index is 1.71. The fourth-order valence-corrected chi connectivity index (χ4v) is 2.40. The molecule has 0 unspecified atom stereocenters. The number of halogens is 1. The first kappa shape index (κ1) is 13.6. The summed E-state index contributed by atoms with van der Waals surface area (Å²) in [5.41, 5.74) is 4.24. The molecule has 21 heavy (non-hydrogen) atoms. The van der Waals surface area contributed by atoms with Crippen molar-refractivity contribution in [2.75, 3.05) is 5.32 Å². The van der Waals surface area contributed by atoms with Crippen molar-refractivity contribution in [2.24, 2.45) is 0 Å². The van der Waals surface area contributed by atoms with Gasteiger partial charge < -0.3 is 9.88 Å². The highest BCUT2D eigenvalue weighted by molar-refractivity contribution is 6.32. The van der Waals surface area contributed by atoms with Gasteiger partial charge in [-0.1, -0.05) is 23.7 Å². The van der Waals surface area contributed by atoms with E-state index < -0.39 is 0 Å². The standard InChI is InChI=1S/C16H15ClN4/c1-12-6-7-19-16(17)15(12)20-10-13-2-4-14(5-3-13)21-9-8-18-11-21/h2-9,11,20H,10H2,1H3. The van der Waals surface area contributed by atoms with Gasteiger partial charge in [-0.25, -0.2) is 9.97 Å². The van der Waals surface area contributed by atoms with Crippen molar-refractivity contribution in [3.8, 4) is 5.69 Å². The minimum atomic E-state index is 0.505. The lowest BCUT2D eigenvalue weighted by atomic mass is 10.2. The van der Waals surface area contributed by atoms with Crippen LogP contribution in [0.3, 0.4) is 0 Å². The monoisotopic (exact) mass is 298 g/mol. The second kappa shape index (κ2) is 5.97. The van der Waals surface area contributed by atoms with Crippen molar-refractivity contribution in [1.82, 2.24) is 14.5 Å². The summed E-state index contributed by atoms with van der Waals surface area (Å²) in [6.07, 6.45) is 7.18. The topological polar surface area (TPSA) is 42.7 Å². The zero-order valence-corrected chi connectivity index (χ0v) is 12.4. The molecule has 106 valence electrons. The maximum Gasteiger partial charge on any atom is 0.152 e. The molecule has 1 N–H and O–H groups in total. The van der Waals surface area contributed by atoms with E-state index in [4.69, 9.17) is 11.6 Å².